The molecule has 2 aliphatic heterocycles. The van der Waals surface area contributed by atoms with Crippen LogP contribution < -0.4 is 30.5 Å². The first-order chi connectivity index (χ1) is 22.2. The summed E-state index contributed by atoms with van der Waals surface area (Å²) in [6.07, 6.45) is 0. The summed E-state index contributed by atoms with van der Waals surface area (Å²) in [5.74, 6) is 0. The molecule has 3 heterocycles. The normalized spacial score (nSPS) is 13.4. The molecule has 8 rings (SSSR count). The number of para-hydroxylation sites is 5. The smallest absolute Gasteiger partial charge is 0.216 e. The summed E-state index contributed by atoms with van der Waals surface area (Å²) in [6.45, 7) is 8.06. The van der Waals surface area contributed by atoms with Gasteiger partial charge in [0, 0.05) is 28.4 Å². The molecule has 0 saturated carbocycles. The van der Waals surface area contributed by atoms with Gasteiger partial charge in [-0.25, -0.2) is 9.83 Å². The minimum Gasteiger partial charge on any atom is -0.318 e. The van der Waals surface area contributed by atoms with Crippen molar-refractivity contribution in [3.05, 3.63) is 156 Å². The summed E-state index contributed by atoms with van der Waals surface area (Å²) in [7, 11) is -2.99. The van der Waals surface area contributed by atoms with Gasteiger partial charge in [-0.2, -0.15) is 10.5 Å². The van der Waals surface area contributed by atoms with Crippen molar-refractivity contribution in [2.75, 3.05) is 9.80 Å². The lowest BCUT2D eigenvalue weighted by Gasteiger charge is -2.50. The molecule has 0 atom stereocenters. The van der Waals surface area contributed by atoms with E-state index >= 15 is 0 Å². The zero-order chi connectivity index (χ0) is 30.5. The third kappa shape index (κ3) is 3.55. The van der Waals surface area contributed by atoms with Gasteiger partial charge in [0.15, 0.2) is 13.8 Å². The second-order valence-electron chi connectivity index (χ2n) is 10.9. The Bertz CT molecular complexity index is 2160. The summed E-state index contributed by atoms with van der Waals surface area (Å²) in [4.78, 5) is 12.5. The van der Waals surface area contributed by atoms with Crippen molar-refractivity contribution in [2.24, 2.45) is 0 Å². The van der Waals surface area contributed by atoms with Crippen molar-refractivity contribution in [3.63, 3.8) is 0 Å². The first kappa shape index (κ1) is 26.2. The lowest BCUT2D eigenvalue weighted by atomic mass is 10.1. The number of nitriles is 2. The molecule has 0 bridgehead atoms. The lowest BCUT2D eigenvalue weighted by Crippen LogP contribution is -2.79. The highest BCUT2D eigenvalue weighted by atomic mass is 28.3. The topological polar surface area (TPSA) is 71.3 Å². The third-order valence-corrected chi connectivity index (χ3v) is 13.7. The second-order valence-corrected chi connectivity index (χ2v) is 14.5. The highest BCUT2D eigenvalue weighted by Crippen LogP contribution is 2.46. The Morgan fingerprint density at radius 3 is 1.47 bits per heavy atom. The van der Waals surface area contributed by atoms with Crippen molar-refractivity contribution in [3.8, 4) is 12.1 Å². The minimum atomic E-state index is -2.99. The fourth-order valence-electron chi connectivity index (χ4n) is 7.13. The van der Waals surface area contributed by atoms with Gasteiger partial charge in [-0.3, -0.25) is 0 Å². The zero-order valence-electron chi connectivity index (χ0n) is 23.9. The van der Waals surface area contributed by atoms with E-state index in [9.17, 15) is 10.5 Å². The number of anilines is 6. The monoisotopic (exact) mass is 590 g/mol. The number of hydrogen-bond acceptors (Lipinski definition) is 5. The Morgan fingerprint density at radius 2 is 1.02 bits per heavy atom. The Kier molecular flexibility index (Phi) is 5.86. The van der Waals surface area contributed by atoms with Crippen LogP contribution in [0.25, 0.3) is 4.85 Å². The third-order valence-electron chi connectivity index (χ3n) is 8.75. The number of aromatic nitrogens is 1. The maximum atomic E-state index is 10.3. The fraction of sp³-hybridized carbons (Fsp3) is 0. The van der Waals surface area contributed by atoms with E-state index in [-0.39, 0.29) is 17.1 Å². The van der Waals surface area contributed by atoms with Crippen LogP contribution in [0.3, 0.4) is 0 Å². The van der Waals surface area contributed by atoms with E-state index in [1.54, 1.807) is 0 Å². The molecule has 0 fully saturated rings. The Morgan fingerprint density at radius 1 is 0.578 bits per heavy atom. The number of benzene rings is 5. The van der Waals surface area contributed by atoms with Gasteiger partial charge in [-0.05, 0) is 63.2 Å². The largest absolute Gasteiger partial charge is 0.318 e. The number of fused-ring (bicyclic) bond motifs is 8. The molecule has 2 aliphatic rings. The molecule has 7 heteroatoms. The molecule has 45 heavy (non-hydrogen) atoms. The van der Waals surface area contributed by atoms with Crippen LogP contribution in [0.2, 0.25) is 0 Å². The summed E-state index contributed by atoms with van der Waals surface area (Å²) >= 11 is 0. The molecule has 0 amide bonds. The highest BCUT2D eigenvalue weighted by molar-refractivity contribution is 7.23. The molecular weight excluding hydrogens is 569 g/mol. The molecule has 0 radical (unpaired) electrons. The van der Waals surface area contributed by atoms with Crippen LogP contribution in [0.4, 0.5) is 39.8 Å². The van der Waals surface area contributed by atoms with Gasteiger partial charge < -0.3 is 9.80 Å². The van der Waals surface area contributed by atoms with E-state index in [1.165, 1.54) is 16.4 Å². The number of rotatable bonds is 2. The van der Waals surface area contributed by atoms with Gasteiger partial charge in [0.2, 0.25) is 5.69 Å². The summed E-state index contributed by atoms with van der Waals surface area (Å²) in [5.41, 5.74) is 5.83. The number of hydrogen-bond donors (Lipinski definition) is 0. The van der Waals surface area contributed by atoms with Crippen molar-refractivity contribution in [2.45, 2.75) is 0 Å². The molecule has 1 aromatic heterocycles. The SMILES string of the molecule is [C-]#[N+]c1cc(C#N)nc(C#N)c1N1c2ccccc2[Si]2(c3ccccc3N(c3ccccc3)c3ccccc32)c2ccccc21. The zero-order valence-corrected chi connectivity index (χ0v) is 24.9. The van der Waals surface area contributed by atoms with E-state index in [0.29, 0.717) is 5.69 Å². The van der Waals surface area contributed by atoms with Crippen LogP contribution in [-0.4, -0.2) is 13.1 Å². The van der Waals surface area contributed by atoms with Crippen LogP contribution in [0.1, 0.15) is 11.4 Å². The average molecular weight is 591 g/mol. The average Bonchev–Trinajstić information content (AvgIpc) is 3.11. The molecule has 6 nitrogen and oxygen atoms in total. The van der Waals surface area contributed by atoms with E-state index in [1.807, 2.05) is 29.2 Å². The summed E-state index contributed by atoms with van der Waals surface area (Å²) in [5, 5.41) is 24.7. The quantitative estimate of drug-likeness (QED) is 0.174. The first-order valence-corrected chi connectivity index (χ1v) is 16.5. The van der Waals surface area contributed by atoms with Crippen molar-refractivity contribution < 1.29 is 0 Å². The van der Waals surface area contributed by atoms with Gasteiger partial charge >= 0.3 is 0 Å². The predicted molar refractivity (Wildman–Crippen MR) is 180 cm³/mol. The molecule has 5 aromatic carbocycles. The first-order valence-electron chi connectivity index (χ1n) is 14.5. The van der Waals surface area contributed by atoms with Gasteiger partial charge in [-0.15, -0.1) is 0 Å². The predicted octanol–water partition coefficient (Wildman–Crippen LogP) is 6.32. The summed E-state index contributed by atoms with van der Waals surface area (Å²) < 4.78 is 0. The van der Waals surface area contributed by atoms with Crippen LogP contribution >= 0.6 is 0 Å². The van der Waals surface area contributed by atoms with Crippen LogP contribution in [0.15, 0.2) is 133 Å². The Hall–Kier alpha value is -6.46. The number of nitrogens with zero attached hydrogens (tertiary/aromatic N) is 6. The molecule has 0 unspecified atom stereocenters. The van der Waals surface area contributed by atoms with Gasteiger partial charge in [-0.1, -0.05) is 91.0 Å². The van der Waals surface area contributed by atoms with Crippen LogP contribution in [-0.2, 0) is 0 Å². The maximum Gasteiger partial charge on any atom is 0.216 e. The molecule has 0 saturated heterocycles. The van der Waals surface area contributed by atoms with Gasteiger partial charge in [0.25, 0.3) is 0 Å². The van der Waals surface area contributed by atoms with Crippen molar-refractivity contribution in [1.29, 1.82) is 10.5 Å². The Balaban J connectivity index is 1.52. The van der Waals surface area contributed by atoms with E-state index in [4.69, 9.17) is 6.57 Å². The molecule has 0 aliphatic carbocycles. The van der Waals surface area contributed by atoms with Crippen molar-refractivity contribution in [1.82, 2.24) is 4.98 Å². The van der Waals surface area contributed by atoms with Crippen LogP contribution in [0, 0.1) is 29.2 Å². The lowest BCUT2D eigenvalue weighted by molar-refractivity contribution is 1.18. The molecule has 1 spiro atoms. The molecule has 208 valence electrons. The summed E-state index contributed by atoms with van der Waals surface area (Å²) in [6, 6.07) is 50.2. The van der Waals surface area contributed by atoms with E-state index < -0.39 is 8.07 Å². The molecule has 0 N–H and O–H groups in total. The van der Waals surface area contributed by atoms with Gasteiger partial charge in [0.1, 0.15) is 17.8 Å². The molecule has 6 aromatic rings. The van der Waals surface area contributed by atoms with E-state index in [0.717, 1.165) is 38.8 Å². The number of pyridine rings is 1. The Labute approximate surface area is 261 Å². The minimum absolute atomic E-state index is 0.0434. The maximum absolute atomic E-state index is 10.3. The standard InChI is InChI=1S/C38H22N6Si/c1-41-28-23-26(24-39)42-29(25-40)38(28)44-32-17-7-11-21-36(32)45(37-22-12-8-18-33(37)44)34-19-9-5-15-30(34)43(27-13-3-2-4-14-27)31-16-6-10-20-35(31)45/h2-23H. The second kappa shape index (κ2) is 10.1. The highest BCUT2D eigenvalue weighted by Gasteiger charge is 2.54. The van der Waals surface area contributed by atoms with Gasteiger partial charge in [0.05, 0.1) is 12.3 Å². The van der Waals surface area contributed by atoms with E-state index in [2.05, 4.69) is 130 Å². The fourth-order valence-corrected chi connectivity index (χ4v) is 12.6. The van der Waals surface area contributed by atoms with Crippen LogP contribution in [0.5, 0.6) is 0 Å². The van der Waals surface area contributed by atoms with Crippen molar-refractivity contribution >= 4 is 68.6 Å². The molecular formula is C38H22N6Si.